The third-order valence-corrected chi connectivity index (χ3v) is 3.61. The number of ether oxygens (including phenoxy) is 1. The van der Waals surface area contributed by atoms with Crippen LogP contribution in [0.1, 0.15) is 12.0 Å². The van der Waals surface area contributed by atoms with Gasteiger partial charge in [-0.15, -0.1) is 0 Å². The van der Waals surface area contributed by atoms with E-state index in [1.807, 2.05) is 30.3 Å². The predicted molar refractivity (Wildman–Crippen MR) is 70.6 cm³/mol. The van der Waals surface area contributed by atoms with Gasteiger partial charge in [-0.05, 0) is 12.0 Å². The molecule has 1 aliphatic heterocycles. The molecule has 86 valence electrons. The van der Waals surface area contributed by atoms with Gasteiger partial charge in [-0.25, -0.2) is 4.79 Å². The molecule has 1 aliphatic rings. The Kier molecular flexibility index (Phi) is 4.04. The van der Waals surface area contributed by atoms with E-state index in [0.29, 0.717) is 10.5 Å². The smallest absolute Gasteiger partial charge is 0.410 e. The number of likely N-dealkylation sites (tertiary alicyclic amines) is 1. The first-order valence-electron chi connectivity index (χ1n) is 5.35. The van der Waals surface area contributed by atoms with E-state index in [4.69, 9.17) is 4.74 Å². The van der Waals surface area contributed by atoms with Crippen molar-refractivity contribution in [1.29, 1.82) is 0 Å². The number of nitrogens with zero attached hydrogens (tertiary/aromatic N) is 1. The fourth-order valence-corrected chi connectivity index (χ4v) is 2.45. The van der Waals surface area contributed by atoms with Gasteiger partial charge in [-0.3, -0.25) is 0 Å². The van der Waals surface area contributed by atoms with Crippen LogP contribution in [0.5, 0.6) is 0 Å². The van der Waals surface area contributed by atoms with Crippen LogP contribution in [0.15, 0.2) is 30.3 Å². The summed E-state index contributed by atoms with van der Waals surface area (Å²) in [4.78, 5) is 13.4. The van der Waals surface area contributed by atoms with Gasteiger partial charge in [0.2, 0.25) is 0 Å². The van der Waals surface area contributed by atoms with Gasteiger partial charge >= 0.3 is 6.09 Å². The lowest BCUT2D eigenvalue weighted by Gasteiger charge is -2.15. The quantitative estimate of drug-likeness (QED) is 0.616. The number of benzene rings is 1. The summed E-state index contributed by atoms with van der Waals surface area (Å²) in [5.74, 6) is 0. The van der Waals surface area contributed by atoms with E-state index >= 15 is 0 Å². The third-order valence-electron chi connectivity index (χ3n) is 2.59. The maximum atomic E-state index is 11.7. The Hall–Kier alpha value is -0.780. The first-order chi connectivity index (χ1) is 7.75. The number of rotatable bonds is 2. The highest BCUT2D eigenvalue weighted by Crippen LogP contribution is 2.18. The molecule has 2 rings (SSSR count). The molecule has 1 atom stereocenters. The standard InChI is InChI=1S/C12H14INO2/c13-11-6-7-14(8-11)12(15)16-9-10-4-2-1-3-5-10/h1-5,11H,6-9H2/t11-/m0/s1. The molecule has 0 aromatic heterocycles. The SMILES string of the molecule is O=C(OCc1ccccc1)N1CC[C@H](I)C1. The van der Waals surface area contributed by atoms with Crippen LogP contribution >= 0.6 is 22.6 Å². The number of carbonyl (C=O) groups is 1. The lowest BCUT2D eigenvalue weighted by molar-refractivity contribution is 0.104. The Balaban J connectivity index is 1.80. The van der Waals surface area contributed by atoms with Crippen molar-refractivity contribution in [2.45, 2.75) is 17.0 Å². The monoisotopic (exact) mass is 331 g/mol. The van der Waals surface area contributed by atoms with E-state index in [9.17, 15) is 4.79 Å². The highest BCUT2D eigenvalue weighted by molar-refractivity contribution is 14.1. The number of hydrogen-bond acceptors (Lipinski definition) is 2. The molecule has 0 spiro atoms. The summed E-state index contributed by atoms with van der Waals surface area (Å²) < 4.78 is 5.82. The molecule has 1 saturated heterocycles. The molecule has 1 heterocycles. The molecule has 4 heteroatoms. The molecule has 0 saturated carbocycles. The minimum absolute atomic E-state index is 0.192. The number of carbonyl (C=O) groups excluding carboxylic acids is 1. The molecule has 0 bridgehead atoms. The van der Waals surface area contributed by atoms with Gasteiger partial charge in [0, 0.05) is 17.0 Å². The van der Waals surface area contributed by atoms with Crippen molar-refractivity contribution >= 4 is 28.7 Å². The molecule has 1 aromatic rings. The van der Waals surface area contributed by atoms with Crippen LogP contribution in [0.2, 0.25) is 0 Å². The van der Waals surface area contributed by atoms with Gasteiger partial charge in [-0.2, -0.15) is 0 Å². The van der Waals surface area contributed by atoms with Crippen molar-refractivity contribution in [2.75, 3.05) is 13.1 Å². The predicted octanol–water partition coefficient (Wildman–Crippen LogP) is 2.83. The van der Waals surface area contributed by atoms with Crippen LogP contribution in [0, 0.1) is 0 Å². The maximum Gasteiger partial charge on any atom is 0.410 e. The van der Waals surface area contributed by atoms with Gasteiger partial charge < -0.3 is 9.64 Å². The number of amides is 1. The lowest BCUT2D eigenvalue weighted by atomic mass is 10.2. The van der Waals surface area contributed by atoms with Gasteiger partial charge in [0.05, 0.1) is 0 Å². The molecule has 0 N–H and O–H groups in total. The Morgan fingerprint density at radius 3 is 2.81 bits per heavy atom. The van der Waals surface area contributed by atoms with Crippen LogP contribution in [0.3, 0.4) is 0 Å². The molecule has 16 heavy (non-hydrogen) atoms. The second-order valence-electron chi connectivity index (χ2n) is 3.87. The summed E-state index contributed by atoms with van der Waals surface area (Å²) >= 11 is 2.37. The van der Waals surface area contributed by atoms with Crippen molar-refractivity contribution in [3.8, 4) is 0 Å². The molecule has 1 aromatic carbocycles. The lowest BCUT2D eigenvalue weighted by Crippen LogP contribution is -2.29. The number of alkyl halides is 1. The molecule has 1 fully saturated rings. The van der Waals surface area contributed by atoms with Gasteiger partial charge in [0.25, 0.3) is 0 Å². The minimum Gasteiger partial charge on any atom is -0.445 e. The summed E-state index contributed by atoms with van der Waals surface area (Å²) in [6.07, 6.45) is 0.879. The highest BCUT2D eigenvalue weighted by atomic mass is 127. The fraction of sp³-hybridized carbons (Fsp3) is 0.417. The van der Waals surface area contributed by atoms with Crippen molar-refractivity contribution in [1.82, 2.24) is 4.90 Å². The van der Waals surface area contributed by atoms with Crippen LogP contribution in [0.4, 0.5) is 4.79 Å². The third kappa shape index (κ3) is 3.10. The normalized spacial score (nSPS) is 19.8. The Morgan fingerprint density at radius 1 is 1.44 bits per heavy atom. The zero-order valence-corrected chi connectivity index (χ0v) is 11.1. The molecule has 3 nitrogen and oxygen atoms in total. The highest BCUT2D eigenvalue weighted by Gasteiger charge is 2.25. The number of halogens is 1. The summed E-state index contributed by atoms with van der Waals surface area (Å²) in [7, 11) is 0. The molecule has 0 aliphatic carbocycles. The average Bonchev–Trinajstić information content (AvgIpc) is 2.74. The second kappa shape index (κ2) is 5.52. The van der Waals surface area contributed by atoms with E-state index in [1.165, 1.54) is 0 Å². The zero-order chi connectivity index (χ0) is 11.4. The van der Waals surface area contributed by atoms with Gasteiger partial charge in [0.15, 0.2) is 0 Å². The number of hydrogen-bond donors (Lipinski definition) is 0. The van der Waals surface area contributed by atoms with E-state index in [-0.39, 0.29) is 6.09 Å². The Labute approximate surface area is 109 Å². The van der Waals surface area contributed by atoms with Crippen LogP contribution in [-0.2, 0) is 11.3 Å². The molecule has 0 radical (unpaired) electrons. The largest absolute Gasteiger partial charge is 0.445 e. The van der Waals surface area contributed by atoms with Crippen molar-refractivity contribution in [3.63, 3.8) is 0 Å². The minimum atomic E-state index is -0.192. The first kappa shape index (κ1) is 11.7. The summed E-state index contributed by atoms with van der Waals surface area (Å²) in [5, 5.41) is 0. The zero-order valence-electron chi connectivity index (χ0n) is 8.93. The van der Waals surface area contributed by atoms with E-state index < -0.39 is 0 Å². The van der Waals surface area contributed by atoms with Gasteiger partial charge in [-0.1, -0.05) is 52.9 Å². The molecular formula is C12H14INO2. The molecule has 0 unspecified atom stereocenters. The summed E-state index contributed by atoms with van der Waals surface area (Å²) in [6.45, 7) is 2.00. The van der Waals surface area contributed by atoms with Crippen molar-refractivity contribution in [2.24, 2.45) is 0 Å². The van der Waals surface area contributed by atoms with Crippen molar-refractivity contribution < 1.29 is 9.53 Å². The summed E-state index contributed by atoms with van der Waals surface area (Å²) in [5.41, 5.74) is 1.03. The summed E-state index contributed by atoms with van der Waals surface area (Å²) in [6, 6.07) is 9.75. The topological polar surface area (TPSA) is 29.5 Å². The fourth-order valence-electron chi connectivity index (χ4n) is 1.69. The van der Waals surface area contributed by atoms with E-state index in [0.717, 1.165) is 25.1 Å². The molecular weight excluding hydrogens is 317 g/mol. The Morgan fingerprint density at radius 2 is 2.19 bits per heavy atom. The Bertz CT molecular complexity index is 355. The van der Waals surface area contributed by atoms with E-state index in [2.05, 4.69) is 22.6 Å². The average molecular weight is 331 g/mol. The second-order valence-corrected chi connectivity index (χ2v) is 5.63. The van der Waals surface area contributed by atoms with Crippen LogP contribution in [0.25, 0.3) is 0 Å². The molecule has 1 amide bonds. The van der Waals surface area contributed by atoms with E-state index in [1.54, 1.807) is 4.90 Å². The first-order valence-corrected chi connectivity index (χ1v) is 6.60. The maximum absolute atomic E-state index is 11.7. The van der Waals surface area contributed by atoms with Gasteiger partial charge in [0.1, 0.15) is 6.61 Å². The van der Waals surface area contributed by atoms with Crippen LogP contribution in [-0.4, -0.2) is 28.0 Å². The van der Waals surface area contributed by atoms with Crippen LogP contribution < -0.4 is 0 Å². The van der Waals surface area contributed by atoms with Crippen molar-refractivity contribution in [3.05, 3.63) is 35.9 Å².